The fourth-order valence-electron chi connectivity index (χ4n) is 3.49. The fourth-order valence-corrected chi connectivity index (χ4v) is 3.96. The Kier molecular flexibility index (Phi) is 5.19. The Hall–Kier alpha value is -2.30. The molecule has 3 aromatic rings. The number of pyridine rings is 1. The van der Waals surface area contributed by atoms with Gasteiger partial charge in [-0.2, -0.15) is 0 Å². The largest absolute Gasteiger partial charge is 0.340 e. The van der Waals surface area contributed by atoms with Crippen LogP contribution in [0.15, 0.2) is 48.7 Å². The maximum Gasteiger partial charge on any atom is 0.256 e. The van der Waals surface area contributed by atoms with Crippen molar-refractivity contribution >= 4 is 51.4 Å². The number of aromatic nitrogens is 1. The number of nitrogens with zero attached hydrogens (tertiary/aromatic N) is 2. The van der Waals surface area contributed by atoms with Crippen molar-refractivity contribution in [3.8, 4) is 0 Å². The summed E-state index contributed by atoms with van der Waals surface area (Å²) in [6, 6.07) is 13.0. The lowest BCUT2D eigenvalue weighted by Crippen LogP contribution is -2.35. The molecule has 0 atom stereocenters. The highest BCUT2D eigenvalue weighted by Crippen LogP contribution is 2.33. The number of hydrogen-bond donors (Lipinski definition) is 1. The van der Waals surface area contributed by atoms with Crippen molar-refractivity contribution in [1.82, 2.24) is 9.88 Å². The minimum absolute atomic E-state index is 0.00499. The molecule has 6 heteroatoms. The van der Waals surface area contributed by atoms with E-state index in [2.05, 4.69) is 10.3 Å². The first-order valence-electron chi connectivity index (χ1n) is 9.02. The molecule has 2 aromatic carbocycles. The molecule has 0 spiro atoms. The van der Waals surface area contributed by atoms with Crippen molar-refractivity contribution in [2.24, 2.45) is 0 Å². The molecule has 1 aliphatic heterocycles. The molecule has 1 N–H and O–H groups in total. The maximum absolute atomic E-state index is 13.1. The lowest BCUT2D eigenvalue weighted by Gasteiger charge is -2.27. The summed E-state index contributed by atoms with van der Waals surface area (Å²) in [5.74, 6) is 0.638. The third kappa shape index (κ3) is 3.73. The summed E-state index contributed by atoms with van der Waals surface area (Å²) in [6.07, 6.45) is 4.88. The van der Waals surface area contributed by atoms with Crippen LogP contribution >= 0.6 is 23.2 Å². The number of likely N-dealkylation sites (tertiary alicyclic amines) is 1. The van der Waals surface area contributed by atoms with E-state index < -0.39 is 0 Å². The van der Waals surface area contributed by atoms with E-state index >= 15 is 0 Å². The number of amides is 1. The molecule has 1 amide bonds. The first-order valence-corrected chi connectivity index (χ1v) is 9.78. The van der Waals surface area contributed by atoms with Crippen LogP contribution in [0.5, 0.6) is 0 Å². The van der Waals surface area contributed by atoms with E-state index in [0.29, 0.717) is 21.4 Å². The standard InChI is InChI=1S/C21H19Cl2N3O/c22-14-6-4-7-15(12-14)25-20-16-8-5-9-18(23)19(16)17(13-24-20)21(27)26-10-2-1-3-11-26/h4-9,12-13H,1-3,10-11H2,(H,24,25). The van der Waals surface area contributed by atoms with Gasteiger partial charge in [-0.25, -0.2) is 4.98 Å². The van der Waals surface area contributed by atoms with Crippen molar-refractivity contribution in [2.75, 3.05) is 18.4 Å². The lowest BCUT2D eigenvalue weighted by atomic mass is 10.0. The molecule has 0 radical (unpaired) electrons. The summed E-state index contributed by atoms with van der Waals surface area (Å²) in [5.41, 5.74) is 1.38. The summed E-state index contributed by atoms with van der Waals surface area (Å²) in [6.45, 7) is 1.57. The number of rotatable bonds is 3. The van der Waals surface area contributed by atoms with Crippen LogP contribution in [0.4, 0.5) is 11.5 Å². The zero-order valence-electron chi connectivity index (χ0n) is 14.7. The minimum Gasteiger partial charge on any atom is -0.340 e. The second kappa shape index (κ2) is 7.75. The Morgan fingerprint density at radius 2 is 1.81 bits per heavy atom. The Balaban J connectivity index is 1.77. The molecule has 138 valence electrons. The number of halogens is 2. The number of carbonyl (C=O) groups excluding carboxylic acids is 1. The van der Waals surface area contributed by atoms with Crippen LogP contribution in [0.2, 0.25) is 10.0 Å². The molecule has 0 saturated carbocycles. The van der Waals surface area contributed by atoms with Gasteiger partial charge in [0.05, 0.1) is 5.56 Å². The van der Waals surface area contributed by atoms with Crippen LogP contribution in [-0.4, -0.2) is 28.9 Å². The summed E-state index contributed by atoms with van der Waals surface area (Å²) in [7, 11) is 0. The maximum atomic E-state index is 13.1. The number of anilines is 2. The van der Waals surface area contributed by atoms with Crippen LogP contribution in [0.1, 0.15) is 29.6 Å². The van der Waals surface area contributed by atoms with Gasteiger partial charge in [-0.05, 0) is 43.5 Å². The average molecular weight is 400 g/mol. The quantitative estimate of drug-likeness (QED) is 0.594. The SMILES string of the molecule is O=C(c1cnc(Nc2cccc(Cl)c2)c2cccc(Cl)c12)N1CCCCC1. The van der Waals surface area contributed by atoms with Crippen LogP contribution in [-0.2, 0) is 0 Å². The monoisotopic (exact) mass is 399 g/mol. The number of carbonyl (C=O) groups is 1. The third-order valence-electron chi connectivity index (χ3n) is 4.82. The van der Waals surface area contributed by atoms with Gasteiger partial charge >= 0.3 is 0 Å². The van der Waals surface area contributed by atoms with Gasteiger partial charge in [0.15, 0.2) is 0 Å². The number of hydrogen-bond acceptors (Lipinski definition) is 3. The highest BCUT2D eigenvalue weighted by Gasteiger charge is 2.22. The van der Waals surface area contributed by atoms with Gasteiger partial charge in [0.2, 0.25) is 0 Å². The topological polar surface area (TPSA) is 45.2 Å². The Morgan fingerprint density at radius 1 is 1.04 bits per heavy atom. The van der Waals surface area contributed by atoms with E-state index in [0.717, 1.165) is 42.4 Å². The van der Waals surface area contributed by atoms with Gasteiger partial charge in [0, 0.05) is 45.8 Å². The lowest BCUT2D eigenvalue weighted by molar-refractivity contribution is 0.0726. The molecule has 0 aliphatic carbocycles. The van der Waals surface area contributed by atoms with Crippen molar-refractivity contribution in [3.63, 3.8) is 0 Å². The predicted octanol–water partition coefficient (Wildman–Crippen LogP) is 5.91. The van der Waals surface area contributed by atoms with Crippen LogP contribution in [0.3, 0.4) is 0 Å². The zero-order valence-corrected chi connectivity index (χ0v) is 16.2. The summed E-state index contributed by atoms with van der Waals surface area (Å²) in [4.78, 5) is 19.5. The number of nitrogens with one attached hydrogen (secondary N) is 1. The van der Waals surface area contributed by atoms with Gasteiger partial charge in [0.1, 0.15) is 5.82 Å². The summed E-state index contributed by atoms with van der Waals surface area (Å²) < 4.78 is 0. The van der Waals surface area contributed by atoms with Gasteiger partial charge in [-0.3, -0.25) is 4.79 Å². The van der Waals surface area contributed by atoms with Gasteiger partial charge < -0.3 is 10.2 Å². The Bertz CT molecular complexity index is 1000. The molecule has 27 heavy (non-hydrogen) atoms. The van der Waals surface area contributed by atoms with Crippen LogP contribution in [0, 0.1) is 0 Å². The second-order valence-corrected chi connectivity index (χ2v) is 7.51. The molecule has 0 bridgehead atoms. The van der Waals surface area contributed by atoms with Crippen molar-refractivity contribution in [2.45, 2.75) is 19.3 Å². The molecule has 1 saturated heterocycles. The van der Waals surface area contributed by atoms with Crippen LogP contribution in [0.25, 0.3) is 10.8 Å². The first kappa shape index (κ1) is 18.1. The van der Waals surface area contributed by atoms with E-state index in [1.54, 1.807) is 12.3 Å². The summed E-state index contributed by atoms with van der Waals surface area (Å²) >= 11 is 12.6. The predicted molar refractivity (Wildman–Crippen MR) is 111 cm³/mol. The van der Waals surface area contributed by atoms with E-state index in [1.165, 1.54) is 6.42 Å². The molecule has 2 heterocycles. The van der Waals surface area contributed by atoms with Crippen molar-refractivity contribution < 1.29 is 4.79 Å². The first-order chi connectivity index (χ1) is 13.1. The van der Waals surface area contributed by atoms with Crippen molar-refractivity contribution in [1.29, 1.82) is 0 Å². The van der Waals surface area contributed by atoms with Crippen LogP contribution < -0.4 is 5.32 Å². The normalized spacial score (nSPS) is 14.4. The molecule has 1 aromatic heterocycles. The Morgan fingerprint density at radius 3 is 2.59 bits per heavy atom. The fraction of sp³-hybridized carbons (Fsp3) is 0.238. The highest BCUT2D eigenvalue weighted by molar-refractivity contribution is 6.37. The highest BCUT2D eigenvalue weighted by atomic mass is 35.5. The second-order valence-electron chi connectivity index (χ2n) is 6.67. The van der Waals surface area contributed by atoms with E-state index in [4.69, 9.17) is 23.2 Å². The number of fused-ring (bicyclic) bond motifs is 1. The van der Waals surface area contributed by atoms with Crippen molar-refractivity contribution in [3.05, 3.63) is 64.3 Å². The molecule has 1 fully saturated rings. The Labute approximate surface area is 168 Å². The van der Waals surface area contributed by atoms with Gasteiger partial charge in [0.25, 0.3) is 5.91 Å². The van der Waals surface area contributed by atoms with E-state index in [9.17, 15) is 4.79 Å². The molecule has 0 unspecified atom stereocenters. The van der Waals surface area contributed by atoms with E-state index in [1.807, 2.05) is 41.3 Å². The molecule has 4 rings (SSSR count). The zero-order chi connectivity index (χ0) is 18.8. The number of benzene rings is 2. The number of piperidine rings is 1. The molecular weight excluding hydrogens is 381 g/mol. The molecule has 4 nitrogen and oxygen atoms in total. The van der Waals surface area contributed by atoms with E-state index in [-0.39, 0.29) is 5.91 Å². The molecule has 1 aliphatic rings. The van der Waals surface area contributed by atoms with Gasteiger partial charge in [-0.1, -0.05) is 41.4 Å². The minimum atomic E-state index is -0.00499. The average Bonchev–Trinajstić information content (AvgIpc) is 2.69. The van der Waals surface area contributed by atoms with Gasteiger partial charge in [-0.15, -0.1) is 0 Å². The third-order valence-corrected chi connectivity index (χ3v) is 5.37. The smallest absolute Gasteiger partial charge is 0.256 e. The molecular formula is C21H19Cl2N3O. The summed E-state index contributed by atoms with van der Waals surface area (Å²) in [5, 5.41) is 6.01.